The third-order valence-electron chi connectivity index (χ3n) is 3.52. The van der Waals surface area contributed by atoms with Gasteiger partial charge in [0.1, 0.15) is 11.6 Å². The minimum atomic E-state index is -0.319. The standard InChI is InChI=1S/C19H20FNO3/c1-3-17(22)16-10-13(2)4-9-18(16)24-12-19(23)21-11-14-5-7-15(20)8-6-14/h4-10H,3,11-12H2,1-2H3,(H,21,23). The minimum absolute atomic E-state index is 0.0274. The van der Waals surface area contributed by atoms with Crippen LogP contribution in [0.2, 0.25) is 0 Å². The summed E-state index contributed by atoms with van der Waals surface area (Å²) in [7, 11) is 0. The largest absolute Gasteiger partial charge is 0.483 e. The fourth-order valence-electron chi connectivity index (χ4n) is 2.18. The van der Waals surface area contributed by atoms with Gasteiger partial charge in [0.2, 0.25) is 0 Å². The molecule has 0 fully saturated rings. The van der Waals surface area contributed by atoms with Gasteiger partial charge in [-0.25, -0.2) is 4.39 Å². The van der Waals surface area contributed by atoms with Gasteiger partial charge in [-0.2, -0.15) is 0 Å². The van der Waals surface area contributed by atoms with Gasteiger partial charge in [-0.3, -0.25) is 9.59 Å². The van der Waals surface area contributed by atoms with E-state index >= 15 is 0 Å². The van der Waals surface area contributed by atoms with Crippen molar-refractivity contribution in [3.05, 3.63) is 65.0 Å². The first kappa shape index (κ1) is 17.7. The summed E-state index contributed by atoms with van der Waals surface area (Å²) < 4.78 is 18.3. The van der Waals surface area contributed by atoms with Gasteiger partial charge in [0.15, 0.2) is 12.4 Å². The molecule has 4 nitrogen and oxygen atoms in total. The molecule has 0 bridgehead atoms. The number of hydrogen-bond acceptors (Lipinski definition) is 3. The number of Topliss-reactive ketones (excluding diaryl/α,β-unsaturated/α-hetero) is 1. The first-order valence-corrected chi connectivity index (χ1v) is 7.77. The molecule has 5 heteroatoms. The lowest BCUT2D eigenvalue weighted by Gasteiger charge is -2.11. The molecular formula is C19H20FNO3. The van der Waals surface area contributed by atoms with E-state index < -0.39 is 0 Å². The van der Waals surface area contributed by atoms with Crippen molar-refractivity contribution in [2.75, 3.05) is 6.61 Å². The quantitative estimate of drug-likeness (QED) is 0.792. The van der Waals surface area contributed by atoms with Crippen LogP contribution in [-0.4, -0.2) is 18.3 Å². The van der Waals surface area contributed by atoms with E-state index in [4.69, 9.17) is 4.74 Å². The Morgan fingerprint density at radius 1 is 1.12 bits per heavy atom. The summed E-state index contributed by atoms with van der Waals surface area (Å²) in [6, 6.07) is 11.2. The lowest BCUT2D eigenvalue weighted by atomic mass is 10.1. The topological polar surface area (TPSA) is 55.4 Å². The van der Waals surface area contributed by atoms with Crippen LogP contribution in [-0.2, 0) is 11.3 Å². The Bertz CT molecular complexity index is 726. The lowest BCUT2D eigenvalue weighted by Crippen LogP contribution is -2.28. The number of ether oxygens (including phenoxy) is 1. The number of carbonyl (C=O) groups excluding carboxylic acids is 2. The van der Waals surface area contributed by atoms with Crippen molar-refractivity contribution in [3.8, 4) is 5.75 Å². The average molecular weight is 329 g/mol. The molecule has 2 rings (SSSR count). The number of aryl methyl sites for hydroxylation is 1. The Hall–Kier alpha value is -2.69. The Morgan fingerprint density at radius 2 is 1.83 bits per heavy atom. The van der Waals surface area contributed by atoms with Gasteiger partial charge in [-0.1, -0.05) is 30.7 Å². The Morgan fingerprint density at radius 3 is 2.50 bits per heavy atom. The lowest BCUT2D eigenvalue weighted by molar-refractivity contribution is -0.123. The fraction of sp³-hybridized carbons (Fsp3) is 0.263. The Kier molecular flexibility index (Phi) is 6.07. The van der Waals surface area contributed by atoms with Crippen LogP contribution < -0.4 is 10.1 Å². The van der Waals surface area contributed by atoms with E-state index in [2.05, 4.69) is 5.32 Å². The first-order chi connectivity index (χ1) is 11.5. The number of amides is 1. The Balaban J connectivity index is 1.92. The van der Waals surface area contributed by atoms with Gasteiger partial charge in [-0.05, 0) is 36.8 Å². The fourth-order valence-corrected chi connectivity index (χ4v) is 2.18. The predicted octanol–water partition coefficient (Wildman–Crippen LogP) is 3.42. The van der Waals surface area contributed by atoms with E-state index in [0.29, 0.717) is 17.7 Å². The van der Waals surface area contributed by atoms with Crippen LogP contribution in [0.1, 0.15) is 34.8 Å². The van der Waals surface area contributed by atoms with Crippen LogP contribution in [0.5, 0.6) is 5.75 Å². The third-order valence-corrected chi connectivity index (χ3v) is 3.52. The molecule has 1 amide bonds. The zero-order chi connectivity index (χ0) is 17.5. The molecule has 126 valence electrons. The molecule has 24 heavy (non-hydrogen) atoms. The van der Waals surface area contributed by atoms with Crippen molar-refractivity contribution in [1.29, 1.82) is 0 Å². The highest BCUT2D eigenvalue weighted by Crippen LogP contribution is 2.21. The van der Waals surface area contributed by atoms with Crippen LogP contribution >= 0.6 is 0 Å². The second-order valence-electron chi connectivity index (χ2n) is 5.47. The van der Waals surface area contributed by atoms with E-state index in [1.807, 2.05) is 13.0 Å². The molecule has 0 aromatic heterocycles. The summed E-state index contributed by atoms with van der Waals surface area (Å²) >= 11 is 0. The second kappa shape index (κ2) is 8.24. The summed E-state index contributed by atoms with van der Waals surface area (Å²) in [6.07, 6.45) is 0.372. The zero-order valence-electron chi connectivity index (χ0n) is 13.8. The van der Waals surface area contributed by atoms with E-state index in [0.717, 1.165) is 11.1 Å². The number of carbonyl (C=O) groups is 2. The second-order valence-corrected chi connectivity index (χ2v) is 5.47. The van der Waals surface area contributed by atoms with Gasteiger partial charge in [-0.15, -0.1) is 0 Å². The number of hydrogen-bond donors (Lipinski definition) is 1. The first-order valence-electron chi connectivity index (χ1n) is 7.77. The molecule has 0 radical (unpaired) electrons. The number of rotatable bonds is 7. The molecule has 0 unspecified atom stereocenters. The van der Waals surface area contributed by atoms with Crippen molar-refractivity contribution in [2.24, 2.45) is 0 Å². The van der Waals surface area contributed by atoms with Gasteiger partial charge in [0, 0.05) is 13.0 Å². The smallest absolute Gasteiger partial charge is 0.258 e. The van der Waals surface area contributed by atoms with Crippen molar-refractivity contribution >= 4 is 11.7 Å². The molecule has 0 aliphatic heterocycles. The van der Waals surface area contributed by atoms with Crippen LogP contribution in [0.3, 0.4) is 0 Å². The van der Waals surface area contributed by atoms with Crippen LogP contribution in [0.15, 0.2) is 42.5 Å². The highest BCUT2D eigenvalue weighted by molar-refractivity contribution is 5.98. The van der Waals surface area contributed by atoms with Crippen molar-refractivity contribution < 1.29 is 18.7 Å². The third kappa shape index (κ3) is 4.91. The normalized spacial score (nSPS) is 10.3. The van der Waals surface area contributed by atoms with Crippen molar-refractivity contribution in [1.82, 2.24) is 5.32 Å². The maximum absolute atomic E-state index is 12.8. The predicted molar refractivity (Wildman–Crippen MR) is 89.5 cm³/mol. The molecule has 2 aromatic rings. The summed E-state index contributed by atoms with van der Waals surface area (Å²) in [5, 5.41) is 2.69. The van der Waals surface area contributed by atoms with Crippen molar-refractivity contribution in [3.63, 3.8) is 0 Å². The molecule has 0 aliphatic rings. The van der Waals surface area contributed by atoms with Gasteiger partial charge < -0.3 is 10.1 Å². The highest BCUT2D eigenvalue weighted by atomic mass is 19.1. The molecule has 0 aliphatic carbocycles. The summed E-state index contributed by atoms with van der Waals surface area (Å²) in [5.74, 6) is -0.250. The van der Waals surface area contributed by atoms with Crippen LogP contribution in [0.25, 0.3) is 0 Å². The molecule has 1 N–H and O–H groups in total. The molecule has 0 saturated carbocycles. The monoisotopic (exact) mass is 329 g/mol. The van der Waals surface area contributed by atoms with E-state index in [-0.39, 0.29) is 30.7 Å². The van der Waals surface area contributed by atoms with Gasteiger partial charge in [0.25, 0.3) is 5.91 Å². The average Bonchev–Trinajstić information content (AvgIpc) is 2.59. The van der Waals surface area contributed by atoms with Gasteiger partial charge >= 0.3 is 0 Å². The van der Waals surface area contributed by atoms with E-state index in [1.165, 1.54) is 12.1 Å². The summed E-state index contributed by atoms with van der Waals surface area (Å²) in [5.41, 5.74) is 2.24. The maximum Gasteiger partial charge on any atom is 0.258 e. The van der Waals surface area contributed by atoms with Gasteiger partial charge in [0.05, 0.1) is 5.56 Å². The molecular weight excluding hydrogens is 309 g/mol. The zero-order valence-corrected chi connectivity index (χ0v) is 13.8. The number of nitrogens with one attached hydrogen (secondary N) is 1. The Labute approximate surface area is 140 Å². The minimum Gasteiger partial charge on any atom is -0.483 e. The summed E-state index contributed by atoms with van der Waals surface area (Å²) in [6.45, 7) is 3.78. The number of benzene rings is 2. The molecule has 0 heterocycles. The van der Waals surface area contributed by atoms with Crippen molar-refractivity contribution in [2.45, 2.75) is 26.8 Å². The van der Waals surface area contributed by atoms with E-state index in [1.54, 1.807) is 31.2 Å². The highest BCUT2D eigenvalue weighted by Gasteiger charge is 2.12. The summed E-state index contributed by atoms with van der Waals surface area (Å²) in [4.78, 5) is 23.8. The SMILES string of the molecule is CCC(=O)c1cc(C)ccc1OCC(=O)NCc1ccc(F)cc1. The molecule has 0 saturated heterocycles. The van der Waals surface area contributed by atoms with E-state index in [9.17, 15) is 14.0 Å². The van der Waals surface area contributed by atoms with Crippen LogP contribution in [0, 0.1) is 12.7 Å². The maximum atomic E-state index is 12.8. The van der Waals surface area contributed by atoms with Crippen LogP contribution in [0.4, 0.5) is 4.39 Å². The molecule has 0 atom stereocenters. The number of halogens is 1. The molecule has 2 aromatic carbocycles. The molecule has 0 spiro atoms. The number of ketones is 1.